The summed E-state index contributed by atoms with van der Waals surface area (Å²) in [4.78, 5) is 12.1. The maximum absolute atomic E-state index is 5.53. The number of imidazole rings is 1. The molecule has 2 rings (SSSR count). The van der Waals surface area contributed by atoms with Crippen molar-refractivity contribution in [2.45, 2.75) is 26.8 Å². The molecule has 0 radical (unpaired) electrons. The Balaban J connectivity index is 2.37. The Kier molecular flexibility index (Phi) is 2.68. The second-order valence-electron chi connectivity index (χ2n) is 4.16. The van der Waals surface area contributed by atoms with E-state index in [1.165, 1.54) is 0 Å². The van der Waals surface area contributed by atoms with E-state index >= 15 is 0 Å². The van der Waals surface area contributed by atoms with Crippen LogP contribution in [0.15, 0.2) is 12.1 Å². The Morgan fingerprint density at radius 3 is 2.80 bits per heavy atom. The fraction of sp³-hybridized carbons (Fsp3) is 0.455. The van der Waals surface area contributed by atoms with Crippen molar-refractivity contribution in [1.82, 2.24) is 15.0 Å². The Labute approximate surface area is 88.9 Å². The standard InChI is InChI=1S/C11H16N4/c1-7(2)5-10-14-9-4-3-8(6-12)13-11(9)15-10/h3-4,7H,5-6,12H2,1-2H3,(H,13,14,15). The number of fused-ring (bicyclic) bond motifs is 1. The molecule has 2 heterocycles. The second kappa shape index (κ2) is 3.98. The zero-order valence-electron chi connectivity index (χ0n) is 9.12. The quantitative estimate of drug-likeness (QED) is 0.798. The summed E-state index contributed by atoms with van der Waals surface area (Å²) in [6.07, 6.45) is 0.953. The van der Waals surface area contributed by atoms with Crippen LogP contribution in [-0.4, -0.2) is 15.0 Å². The molecule has 4 nitrogen and oxygen atoms in total. The van der Waals surface area contributed by atoms with Gasteiger partial charge >= 0.3 is 0 Å². The monoisotopic (exact) mass is 204 g/mol. The third-order valence-corrected chi connectivity index (χ3v) is 2.26. The topological polar surface area (TPSA) is 67.6 Å². The molecule has 0 bridgehead atoms. The molecule has 2 aromatic rings. The van der Waals surface area contributed by atoms with Gasteiger partial charge in [-0.1, -0.05) is 13.8 Å². The number of nitrogens with one attached hydrogen (secondary N) is 1. The minimum atomic E-state index is 0.461. The number of aromatic nitrogens is 3. The molecule has 2 aromatic heterocycles. The summed E-state index contributed by atoms with van der Waals surface area (Å²) in [6, 6.07) is 3.92. The lowest BCUT2D eigenvalue weighted by Gasteiger charge is -1.98. The minimum Gasteiger partial charge on any atom is -0.341 e. The number of nitrogens with zero attached hydrogens (tertiary/aromatic N) is 2. The highest BCUT2D eigenvalue weighted by molar-refractivity contribution is 5.70. The van der Waals surface area contributed by atoms with Crippen LogP contribution in [0.3, 0.4) is 0 Å². The molecule has 3 N–H and O–H groups in total. The van der Waals surface area contributed by atoms with Crippen molar-refractivity contribution in [3.63, 3.8) is 0 Å². The molecule has 0 fully saturated rings. The van der Waals surface area contributed by atoms with E-state index in [9.17, 15) is 0 Å². The number of H-pyrrole nitrogens is 1. The molecule has 15 heavy (non-hydrogen) atoms. The molecule has 0 amide bonds. The van der Waals surface area contributed by atoms with Crippen LogP contribution in [0.25, 0.3) is 11.2 Å². The lowest BCUT2D eigenvalue weighted by atomic mass is 10.1. The maximum Gasteiger partial charge on any atom is 0.177 e. The van der Waals surface area contributed by atoms with Gasteiger partial charge in [-0.3, -0.25) is 0 Å². The molecule has 80 valence electrons. The predicted molar refractivity (Wildman–Crippen MR) is 60.3 cm³/mol. The molecule has 4 heteroatoms. The molecule has 0 spiro atoms. The van der Waals surface area contributed by atoms with Crippen molar-refractivity contribution in [3.8, 4) is 0 Å². The number of pyridine rings is 1. The Morgan fingerprint density at radius 2 is 2.13 bits per heavy atom. The average Bonchev–Trinajstić information content (AvgIpc) is 2.57. The van der Waals surface area contributed by atoms with Crippen molar-refractivity contribution in [2.24, 2.45) is 11.7 Å². The summed E-state index contributed by atoms with van der Waals surface area (Å²) in [5.74, 6) is 1.60. The van der Waals surface area contributed by atoms with Crippen LogP contribution >= 0.6 is 0 Å². The largest absolute Gasteiger partial charge is 0.341 e. The summed E-state index contributed by atoms with van der Waals surface area (Å²) in [6.45, 7) is 4.81. The fourth-order valence-electron chi connectivity index (χ4n) is 1.58. The third-order valence-electron chi connectivity index (χ3n) is 2.26. The lowest BCUT2D eigenvalue weighted by Crippen LogP contribution is -1.98. The van der Waals surface area contributed by atoms with Gasteiger partial charge in [-0.25, -0.2) is 9.97 Å². The first-order valence-corrected chi connectivity index (χ1v) is 5.23. The molecular formula is C11H16N4. The Hall–Kier alpha value is -1.42. The average molecular weight is 204 g/mol. The van der Waals surface area contributed by atoms with E-state index < -0.39 is 0 Å². The number of nitrogens with two attached hydrogens (primary N) is 1. The first kappa shape index (κ1) is 10.1. The molecule has 0 aliphatic carbocycles. The second-order valence-corrected chi connectivity index (χ2v) is 4.16. The normalized spacial score (nSPS) is 11.5. The SMILES string of the molecule is CC(C)Cc1nc2nc(CN)ccc2[nH]1. The van der Waals surface area contributed by atoms with Crippen LogP contribution in [0.1, 0.15) is 25.4 Å². The predicted octanol–water partition coefficient (Wildman–Crippen LogP) is 1.62. The van der Waals surface area contributed by atoms with Gasteiger partial charge in [-0.15, -0.1) is 0 Å². The smallest absolute Gasteiger partial charge is 0.177 e. The number of aromatic amines is 1. The van der Waals surface area contributed by atoms with Crippen molar-refractivity contribution >= 4 is 11.2 Å². The summed E-state index contributed by atoms with van der Waals surface area (Å²) in [5.41, 5.74) is 8.17. The van der Waals surface area contributed by atoms with E-state index in [0.29, 0.717) is 12.5 Å². The highest BCUT2D eigenvalue weighted by Gasteiger charge is 2.06. The number of rotatable bonds is 3. The van der Waals surface area contributed by atoms with Crippen molar-refractivity contribution in [3.05, 3.63) is 23.7 Å². The van der Waals surface area contributed by atoms with E-state index in [1.54, 1.807) is 0 Å². The van der Waals surface area contributed by atoms with Crippen molar-refractivity contribution in [2.75, 3.05) is 0 Å². The molecule has 0 saturated carbocycles. The van der Waals surface area contributed by atoms with Gasteiger partial charge in [0.1, 0.15) is 5.82 Å². The van der Waals surface area contributed by atoms with Gasteiger partial charge in [0.15, 0.2) is 5.65 Å². The van der Waals surface area contributed by atoms with E-state index in [-0.39, 0.29) is 0 Å². The van der Waals surface area contributed by atoms with Crippen molar-refractivity contribution in [1.29, 1.82) is 0 Å². The molecule has 0 aliphatic heterocycles. The molecule has 0 unspecified atom stereocenters. The van der Waals surface area contributed by atoms with Crippen LogP contribution in [0, 0.1) is 5.92 Å². The zero-order chi connectivity index (χ0) is 10.8. The van der Waals surface area contributed by atoms with Gasteiger partial charge in [-0.05, 0) is 18.1 Å². The van der Waals surface area contributed by atoms with E-state index in [0.717, 1.165) is 29.1 Å². The maximum atomic E-state index is 5.53. The third kappa shape index (κ3) is 2.15. The van der Waals surface area contributed by atoms with Crippen LogP contribution in [0.4, 0.5) is 0 Å². The molecule has 0 saturated heterocycles. The zero-order valence-corrected chi connectivity index (χ0v) is 9.12. The van der Waals surface area contributed by atoms with Gasteiger partial charge in [0.05, 0.1) is 11.2 Å². The van der Waals surface area contributed by atoms with Crippen LogP contribution in [-0.2, 0) is 13.0 Å². The molecule has 0 atom stereocenters. The highest BCUT2D eigenvalue weighted by Crippen LogP contribution is 2.12. The van der Waals surface area contributed by atoms with Crippen LogP contribution < -0.4 is 5.73 Å². The first-order chi connectivity index (χ1) is 7.19. The van der Waals surface area contributed by atoms with Gasteiger partial charge < -0.3 is 10.7 Å². The van der Waals surface area contributed by atoms with Gasteiger partial charge in [0.2, 0.25) is 0 Å². The lowest BCUT2D eigenvalue weighted by molar-refractivity contribution is 0.627. The van der Waals surface area contributed by atoms with Crippen molar-refractivity contribution < 1.29 is 0 Å². The Morgan fingerprint density at radius 1 is 1.33 bits per heavy atom. The number of hydrogen-bond acceptors (Lipinski definition) is 3. The molecular weight excluding hydrogens is 188 g/mol. The first-order valence-electron chi connectivity index (χ1n) is 5.23. The molecule has 0 aliphatic rings. The van der Waals surface area contributed by atoms with Crippen LogP contribution in [0.5, 0.6) is 0 Å². The van der Waals surface area contributed by atoms with E-state index in [4.69, 9.17) is 5.73 Å². The Bertz CT molecular complexity index is 459. The highest BCUT2D eigenvalue weighted by atomic mass is 15.0. The van der Waals surface area contributed by atoms with Crippen LogP contribution in [0.2, 0.25) is 0 Å². The summed E-state index contributed by atoms with van der Waals surface area (Å²) in [5, 5.41) is 0. The fourth-order valence-corrected chi connectivity index (χ4v) is 1.58. The van der Waals surface area contributed by atoms with Gasteiger partial charge in [-0.2, -0.15) is 0 Å². The van der Waals surface area contributed by atoms with Gasteiger partial charge in [0.25, 0.3) is 0 Å². The molecule has 0 aromatic carbocycles. The minimum absolute atomic E-state index is 0.461. The summed E-state index contributed by atoms with van der Waals surface area (Å²) < 4.78 is 0. The number of hydrogen-bond donors (Lipinski definition) is 2. The van der Waals surface area contributed by atoms with E-state index in [1.807, 2.05) is 12.1 Å². The summed E-state index contributed by atoms with van der Waals surface area (Å²) >= 11 is 0. The summed E-state index contributed by atoms with van der Waals surface area (Å²) in [7, 11) is 0. The van der Waals surface area contributed by atoms with Gasteiger partial charge in [0, 0.05) is 13.0 Å². The van der Waals surface area contributed by atoms with E-state index in [2.05, 4.69) is 28.8 Å².